The standard InChI is InChI=1S/C29H46N2O5S/c1-7-9-14-18-36-27(35)22-21-19-20(3)29(37-21)23(22)25(33)30(16-12-10-11-13-17-32)24(29)26(34)31(15-8-2)28(4,5)6/h7-8,20-24,32H,1-2,9-19H2,3-6H3/t20?,21-,22+,23+,24?,29?/m1/s1. The van der Waals surface area contributed by atoms with Crippen LogP contribution in [0.3, 0.4) is 0 Å². The number of unbranched alkanes of at least 4 members (excludes halogenated alkanes) is 4. The summed E-state index contributed by atoms with van der Waals surface area (Å²) in [5, 5.41) is 9.12. The summed E-state index contributed by atoms with van der Waals surface area (Å²) in [4.78, 5) is 45.5. The highest BCUT2D eigenvalue weighted by Gasteiger charge is 2.76. The molecule has 3 aliphatic rings. The lowest BCUT2D eigenvalue weighted by atomic mass is 9.66. The number of esters is 1. The monoisotopic (exact) mass is 534 g/mol. The van der Waals surface area contributed by atoms with Gasteiger partial charge in [0.1, 0.15) is 6.04 Å². The van der Waals surface area contributed by atoms with Crippen molar-refractivity contribution in [2.24, 2.45) is 17.8 Å². The van der Waals surface area contributed by atoms with Crippen LogP contribution in [-0.4, -0.2) is 80.6 Å². The molecule has 3 heterocycles. The van der Waals surface area contributed by atoms with Crippen molar-refractivity contribution < 1.29 is 24.2 Å². The highest BCUT2D eigenvalue weighted by atomic mass is 32.2. The lowest BCUT2D eigenvalue weighted by Gasteiger charge is -2.44. The first-order valence-corrected chi connectivity index (χ1v) is 14.7. The number of nitrogens with zero attached hydrogens (tertiary/aromatic N) is 2. The van der Waals surface area contributed by atoms with Crippen molar-refractivity contribution in [3.05, 3.63) is 25.3 Å². The molecule has 2 bridgehead atoms. The molecule has 3 unspecified atom stereocenters. The van der Waals surface area contributed by atoms with Gasteiger partial charge in [-0.25, -0.2) is 0 Å². The van der Waals surface area contributed by atoms with Crippen LogP contribution in [0.15, 0.2) is 25.3 Å². The SMILES string of the molecule is C=CCCCOC(=O)[C@@H]1[C@H]2C(=O)N(CCCCCCO)C(C(=O)N(CC=C)C(C)(C)C)C23S[C@@H]1CC3C. The van der Waals surface area contributed by atoms with Crippen LogP contribution in [0.25, 0.3) is 0 Å². The lowest BCUT2D eigenvalue weighted by molar-refractivity contribution is -0.154. The molecule has 3 aliphatic heterocycles. The Morgan fingerprint density at radius 1 is 1.19 bits per heavy atom. The molecule has 8 heteroatoms. The fourth-order valence-corrected chi connectivity index (χ4v) is 8.93. The Labute approximate surface area is 227 Å². The molecule has 37 heavy (non-hydrogen) atoms. The van der Waals surface area contributed by atoms with Crippen LogP contribution in [-0.2, 0) is 19.1 Å². The Bertz CT molecular complexity index is 871. The second kappa shape index (κ2) is 12.4. The van der Waals surface area contributed by atoms with Gasteiger partial charge in [0.2, 0.25) is 11.8 Å². The van der Waals surface area contributed by atoms with Gasteiger partial charge in [-0.1, -0.05) is 31.9 Å². The molecular formula is C29H46N2O5S. The van der Waals surface area contributed by atoms with Gasteiger partial charge in [-0.15, -0.1) is 24.9 Å². The molecule has 7 nitrogen and oxygen atoms in total. The van der Waals surface area contributed by atoms with Crippen molar-refractivity contribution >= 4 is 29.5 Å². The lowest BCUT2D eigenvalue weighted by Crippen LogP contribution is -2.60. The number of rotatable bonds is 14. The highest BCUT2D eigenvalue weighted by molar-refractivity contribution is 8.02. The van der Waals surface area contributed by atoms with Gasteiger partial charge in [-0.2, -0.15) is 0 Å². The molecular weight excluding hydrogens is 488 g/mol. The molecule has 1 spiro atoms. The molecule has 3 fully saturated rings. The van der Waals surface area contributed by atoms with E-state index in [-0.39, 0.29) is 35.6 Å². The van der Waals surface area contributed by atoms with Gasteiger partial charge in [-0.3, -0.25) is 14.4 Å². The van der Waals surface area contributed by atoms with E-state index < -0.39 is 28.2 Å². The number of thioether (sulfide) groups is 1. The minimum atomic E-state index is -0.639. The van der Waals surface area contributed by atoms with Gasteiger partial charge in [0, 0.05) is 30.5 Å². The molecule has 0 aromatic rings. The van der Waals surface area contributed by atoms with E-state index in [1.54, 1.807) is 28.8 Å². The van der Waals surface area contributed by atoms with E-state index in [0.29, 0.717) is 26.1 Å². The maximum atomic E-state index is 14.4. The first-order chi connectivity index (χ1) is 17.6. The van der Waals surface area contributed by atoms with Gasteiger partial charge in [0.05, 0.1) is 23.2 Å². The van der Waals surface area contributed by atoms with Crippen LogP contribution >= 0.6 is 11.8 Å². The number of carbonyl (C=O) groups is 3. The predicted octanol–water partition coefficient (Wildman–Crippen LogP) is 4.20. The summed E-state index contributed by atoms with van der Waals surface area (Å²) in [6, 6.07) is -0.620. The van der Waals surface area contributed by atoms with Crippen molar-refractivity contribution in [3.63, 3.8) is 0 Å². The quantitative estimate of drug-likeness (QED) is 0.204. The maximum Gasteiger partial charge on any atom is 0.310 e. The summed E-state index contributed by atoms with van der Waals surface area (Å²) in [7, 11) is 0. The Hall–Kier alpha value is -1.80. The second-order valence-corrected chi connectivity index (χ2v) is 13.3. The summed E-state index contributed by atoms with van der Waals surface area (Å²) < 4.78 is 5.02. The predicted molar refractivity (Wildman–Crippen MR) is 148 cm³/mol. The molecule has 6 atom stereocenters. The number of hydrogen-bond donors (Lipinski definition) is 1. The van der Waals surface area contributed by atoms with Gasteiger partial charge in [-0.05, 0) is 58.8 Å². The average molecular weight is 535 g/mol. The molecule has 3 saturated heterocycles. The van der Waals surface area contributed by atoms with Gasteiger partial charge < -0.3 is 19.6 Å². The highest BCUT2D eigenvalue weighted by Crippen LogP contribution is 2.68. The van der Waals surface area contributed by atoms with Crippen molar-refractivity contribution in [1.82, 2.24) is 9.80 Å². The fourth-order valence-electron chi connectivity index (χ4n) is 6.52. The fraction of sp³-hybridized carbons (Fsp3) is 0.759. The summed E-state index contributed by atoms with van der Waals surface area (Å²) in [5.74, 6) is -1.38. The van der Waals surface area contributed by atoms with Gasteiger partial charge >= 0.3 is 5.97 Å². The van der Waals surface area contributed by atoms with Crippen molar-refractivity contribution in [1.29, 1.82) is 0 Å². The number of aliphatic hydroxyl groups is 1. The minimum Gasteiger partial charge on any atom is -0.465 e. The van der Waals surface area contributed by atoms with E-state index >= 15 is 0 Å². The maximum absolute atomic E-state index is 14.4. The van der Waals surface area contributed by atoms with Crippen molar-refractivity contribution in [2.45, 2.75) is 94.2 Å². The van der Waals surface area contributed by atoms with Crippen molar-refractivity contribution in [3.8, 4) is 0 Å². The minimum absolute atomic E-state index is 0.0136. The molecule has 0 aliphatic carbocycles. The molecule has 0 aromatic carbocycles. The molecule has 3 rings (SSSR count). The molecule has 0 radical (unpaired) electrons. The van der Waals surface area contributed by atoms with E-state index in [9.17, 15) is 14.4 Å². The number of allylic oxidation sites excluding steroid dienone is 1. The Kier molecular flexibility index (Phi) is 9.95. The van der Waals surface area contributed by atoms with E-state index in [0.717, 1.165) is 38.5 Å². The largest absolute Gasteiger partial charge is 0.465 e. The topological polar surface area (TPSA) is 87.1 Å². The number of aliphatic hydroxyl groups excluding tert-OH is 1. The first-order valence-electron chi connectivity index (χ1n) is 13.8. The van der Waals surface area contributed by atoms with Crippen LogP contribution < -0.4 is 0 Å². The zero-order chi connectivity index (χ0) is 27.4. The van der Waals surface area contributed by atoms with Crippen LogP contribution in [0.1, 0.15) is 72.6 Å². The zero-order valence-electron chi connectivity index (χ0n) is 23.1. The smallest absolute Gasteiger partial charge is 0.310 e. The Morgan fingerprint density at radius 2 is 1.89 bits per heavy atom. The summed E-state index contributed by atoms with van der Waals surface area (Å²) >= 11 is 1.69. The number of carbonyl (C=O) groups excluding carboxylic acids is 3. The van der Waals surface area contributed by atoms with Crippen LogP contribution in [0.2, 0.25) is 0 Å². The molecule has 0 saturated carbocycles. The first kappa shape index (κ1) is 29.8. The van der Waals surface area contributed by atoms with Crippen LogP contribution in [0.5, 0.6) is 0 Å². The molecule has 2 amide bonds. The van der Waals surface area contributed by atoms with Crippen LogP contribution in [0, 0.1) is 17.8 Å². The third-order valence-electron chi connectivity index (χ3n) is 8.24. The Morgan fingerprint density at radius 3 is 2.51 bits per heavy atom. The number of amides is 2. The third-order valence-corrected chi connectivity index (χ3v) is 10.3. The summed E-state index contributed by atoms with van der Waals surface area (Å²) in [6.45, 7) is 17.1. The number of likely N-dealkylation sites (tertiary alicyclic amines) is 1. The number of ether oxygens (including phenoxy) is 1. The van der Waals surface area contributed by atoms with E-state index in [2.05, 4.69) is 20.1 Å². The van der Waals surface area contributed by atoms with E-state index in [4.69, 9.17) is 9.84 Å². The summed E-state index contributed by atoms with van der Waals surface area (Å²) in [6.07, 6.45) is 9.06. The normalized spacial score (nSPS) is 30.4. The summed E-state index contributed by atoms with van der Waals surface area (Å²) in [5.41, 5.74) is -0.441. The van der Waals surface area contributed by atoms with E-state index in [1.807, 2.05) is 25.7 Å². The average Bonchev–Trinajstić information content (AvgIpc) is 3.42. The van der Waals surface area contributed by atoms with Gasteiger partial charge in [0.15, 0.2) is 0 Å². The van der Waals surface area contributed by atoms with Gasteiger partial charge in [0.25, 0.3) is 0 Å². The second-order valence-electron chi connectivity index (χ2n) is 11.7. The zero-order valence-corrected chi connectivity index (χ0v) is 23.9. The van der Waals surface area contributed by atoms with Crippen LogP contribution in [0.4, 0.5) is 0 Å². The third kappa shape index (κ3) is 5.65. The van der Waals surface area contributed by atoms with Crippen molar-refractivity contribution in [2.75, 3.05) is 26.3 Å². The molecule has 1 N–H and O–H groups in total. The molecule has 0 aromatic heterocycles. The number of hydrogen-bond acceptors (Lipinski definition) is 6. The van der Waals surface area contributed by atoms with E-state index in [1.165, 1.54) is 0 Å². The number of fused-ring (bicyclic) bond motifs is 1. The Balaban J connectivity index is 1.96. The molecule has 208 valence electrons.